The summed E-state index contributed by atoms with van der Waals surface area (Å²) >= 11 is 0. The average molecular weight is 223 g/mol. The van der Waals surface area contributed by atoms with Crippen LogP contribution in [0.1, 0.15) is 25.2 Å². The fourth-order valence-electron chi connectivity index (χ4n) is 2.16. The normalized spacial score (nSPS) is 22.8. The van der Waals surface area contributed by atoms with E-state index in [-0.39, 0.29) is 18.0 Å². The Morgan fingerprint density at radius 3 is 2.88 bits per heavy atom. The van der Waals surface area contributed by atoms with E-state index in [4.69, 9.17) is 0 Å². The van der Waals surface area contributed by atoms with Gasteiger partial charge in [0, 0.05) is 13.6 Å². The van der Waals surface area contributed by atoms with E-state index in [1.54, 1.807) is 6.33 Å². The van der Waals surface area contributed by atoms with Gasteiger partial charge in [0.25, 0.3) is 0 Å². The van der Waals surface area contributed by atoms with E-state index >= 15 is 0 Å². The van der Waals surface area contributed by atoms with Crippen molar-refractivity contribution in [2.45, 2.75) is 25.4 Å². The molecule has 0 aliphatic carbocycles. The van der Waals surface area contributed by atoms with E-state index in [1.165, 1.54) is 0 Å². The number of likely N-dealkylation sites (N-methyl/N-ethyl adjacent to an activating group) is 1. The molecule has 0 aromatic carbocycles. The molecule has 2 unspecified atom stereocenters. The monoisotopic (exact) mass is 223 g/mol. The summed E-state index contributed by atoms with van der Waals surface area (Å²) in [4.78, 5) is 13.8. The Labute approximate surface area is 94.6 Å². The standard InChI is InChI=1S/C10H17N5O/c1-7(9-13-12-6-14(9)3)15-5-4-8(11-2)10(15)16/h6-8,11H,4-5H2,1-3H3. The topological polar surface area (TPSA) is 63.0 Å². The number of likely N-dealkylation sites (tertiary alicyclic amines) is 1. The third-order valence-electron chi connectivity index (χ3n) is 3.18. The Balaban J connectivity index is 2.15. The summed E-state index contributed by atoms with van der Waals surface area (Å²) in [7, 11) is 3.71. The molecule has 0 bridgehead atoms. The molecular formula is C10H17N5O. The van der Waals surface area contributed by atoms with Gasteiger partial charge in [0.2, 0.25) is 5.91 Å². The zero-order valence-electron chi connectivity index (χ0n) is 9.84. The van der Waals surface area contributed by atoms with Crippen LogP contribution in [0, 0.1) is 0 Å². The van der Waals surface area contributed by atoms with Gasteiger partial charge in [-0.3, -0.25) is 4.79 Å². The Hall–Kier alpha value is -1.43. The largest absolute Gasteiger partial charge is 0.331 e. The maximum atomic E-state index is 12.0. The number of hydrogen-bond donors (Lipinski definition) is 1. The number of nitrogens with zero attached hydrogens (tertiary/aromatic N) is 4. The fourth-order valence-corrected chi connectivity index (χ4v) is 2.16. The second-order valence-electron chi connectivity index (χ2n) is 4.14. The Morgan fingerprint density at radius 1 is 1.62 bits per heavy atom. The Morgan fingerprint density at radius 2 is 2.38 bits per heavy atom. The van der Waals surface area contributed by atoms with Crippen LogP contribution >= 0.6 is 0 Å². The molecule has 1 amide bonds. The predicted octanol–water partition coefficient (Wildman–Crippen LogP) is -0.304. The van der Waals surface area contributed by atoms with Crippen molar-refractivity contribution >= 4 is 5.91 Å². The summed E-state index contributed by atoms with van der Waals surface area (Å²) in [6.07, 6.45) is 2.51. The molecule has 2 rings (SSSR count). The minimum absolute atomic E-state index is 0.0154. The van der Waals surface area contributed by atoms with Crippen molar-refractivity contribution in [2.75, 3.05) is 13.6 Å². The van der Waals surface area contributed by atoms with Crippen molar-refractivity contribution < 1.29 is 4.79 Å². The summed E-state index contributed by atoms with van der Waals surface area (Å²) < 4.78 is 1.85. The lowest BCUT2D eigenvalue weighted by Gasteiger charge is -2.23. The molecule has 1 aromatic heterocycles. The lowest BCUT2D eigenvalue weighted by molar-refractivity contribution is -0.131. The molecule has 1 saturated heterocycles. The van der Waals surface area contributed by atoms with Crippen molar-refractivity contribution in [1.82, 2.24) is 25.0 Å². The minimum Gasteiger partial charge on any atom is -0.331 e. The maximum absolute atomic E-state index is 12.0. The van der Waals surface area contributed by atoms with Crippen LogP contribution in [0.3, 0.4) is 0 Å². The lowest BCUT2D eigenvalue weighted by atomic mass is 10.2. The number of carbonyl (C=O) groups excluding carboxylic acids is 1. The van der Waals surface area contributed by atoms with Gasteiger partial charge in [-0.25, -0.2) is 0 Å². The van der Waals surface area contributed by atoms with E-state index in [1.807, 2.05) is 30.5 Å². The summed E-state index contributed by atoms with van der Waals surface area (Å²) in [6, 6.07) is -0.0611. The van der Waals surface area contributed by atoms with Crippen LogP contribution in [0.2, 0.25) is 0 Å². The molecule has 16 heavy (non-hydrogen) atoms. The molecular weight excluding hydrogens is 206 g/mol. The van der Waals surface area contributed by atoms with Crippen molar-refractivity contribution in [2.24, 2.45) is 7.05 Å². The highest BCUT2D eigenvalue weighted by Gasteiger charge is 2.35. The van der Waals surface area contributed by atoms with Crippen molar-refractivity contribution in [3.05, 3.63) is 12.2 Å². The quantitative estimate of drug-likeness (QED) is 0.764. The minimum atomic E-state index is -0.0457. The predicted molar refractivity (Wildman–Crippen MR) is 58.6 cm³/mol. The number of rotatable bonds is 3. The van der Waals surface area contributed by atoms with Gasteiger partial charge in [0.1, 0.15) is 6.33 Å². The number of aryl methyl sites for hydroxylation is 1. The van der Waals surface area contributed by atoms with Crippen molar-refractivity contribution in [1.29, 1.82) is 0 Å². The van der Waals surface area contributed by atoms with Crippen LogP contribution in [0.15, 0.2) is 6.33 Å². The van der Waals surface area contributed by atoms with Crippen LogP contribution in [0.25, 0.3) is 0 Å². The molecule has 1 aromatic rings. The van der Waals surface area contributed by atoms with Gasteiger partial charge in [0.15, 0.2) is 5.82 Å². The van der Waals surface area contributed by atoms with E-state index in [0.29, 0.717) is 0 Å². The second-order valence-corrected chi connectivity index (χ2v) is 4.14. The smallest absolute Gasteiger partial charge is 0.240 e. The summed E-state index contributed by atoms with van der Waals surface area (Å²) in [5.74, 6) is 0.975. The number of amides is 1. The van der Waals surface area contributed by atoms with E-state index in [0.717, 1.165) is 18.8 Å². The van der Waals surface area contributed by atoms with Gasteiger partial charge >= 0.3 is 0 Å². The first-order valence-electron chi connectivity index (χ1n) is 5.46. The first-order chi connectivity index (χ1) is 7.65. The number of nitrogens with one attached hydrogen (secondary N) is 1. The van der Waals surface area contributed by atoms with Crippen molar-refractivity contribution in [3.8, 4) is 0 Å². The maximum Gasteiger partial charge on any atom is 0.240 e. The fraction of sp³-hybridized carbons (Fsp3) is 0.700. The summed E-state index contributed by atoms with van der Waals surface area (Å²) in [5.41, 5.74) is 0. The molecule has 1 aliphatic rings. The molecule has 0 radical (unpaired) electrons. The van der Waals surface area contributed by atoms with Crippen LogP contribution in [-0.2, 0) is 11.8 Å². The average Bonchev–Trinajstić information content (AvgIpc) is 2.84. The van der Waals surface area contributed by atoms with Gasteiger partial charge < -0.3 is 14.8 Å². The molecule has 1 aliphatic heterocycles. The van der Waals surface area contributed by atoms with Gasteiger partial charge in [-0.2, -0.15) is 0 Å². The number of hydrogen-bond acceptors (Lipinski definition) is 4. The molecule has 2 atom stereocenters. The van der Waals surface area contributed by atoms with Crippen molar-refractivity contribution in [3.63, 3.8) is 0 Å². The number of aromatic nitrogens is 3. The van der Waals surface area contributed by atoms with Gasteiger partial charge in [-0.05, 0) is 20.4 Å². The Bertz CT molecular complexity index is 388. The first kappa shape index (κ1) is 11.1. The van der Waals surface area contributed by atoms with Crippen LogP contribution in [-0.4, -0.2) is 45.2 Å². The van der Waals surface area contributed by atoms with Gasteiger partial charge in [0.05, 0.1) is 12.1 Å². The zero-order valence-corrected chi connectivity index (χ0v) is 9.84. The highest BCUT2D eigenvalue weighted by atomic mass is 16.2. The third kappa shape index (κ3) is 1.69. The molecule has 0 saturated carbocycles. The number of carbonyl (C=O) groups is 1. The molecule has 6 nitrogen and oxygen atoms in total. The van der Waals surface area contributed by atoms with E-state index in [2.05, 4.69) is 15.5 Å². The molecule has 2 heterocycles. The zero-order chi connectivity index (χ0) is 11.7. The summed E-state index contributed by atoms with van der Waals surface area (Å²) in [5, 5.41) is 10.9. The first-order valence-corrected chi connectivity index (χ1v) is 5.46. The lowest BCUT2D eigenvalue weighted by Crippen LogP contribution is -2.38. The van der Waals surface area contributed by atoms with Gasteiger partial charge in [-0.15, -0.1) is 10.2 Å². The molecule has 1 N–H and O–H groups in total. The third-order valence-corrected chi connectivity index (χ3v) is 3.18. The van der Waals surface area contributed by atoms with Gasteiger partial charge in [-0.1, -0.05) is 0 Å². The highest BCUT2D eigenvalue weighted by Crippen LogP contribution is 2.23. The van der Waals surface area contributed by atoms with E-state index < -0.39 is 0 Å². The highest BCUT2D eigenvalue weighted by molar-refractivity contribution is 5.84. The van der Waals surface area contributed by atoms with Crippen LogP contribution < -0.4 is 5.32 Å². The second kappa shape index (κ2) is 4.21. The van der Waals surface area contributed by atoms with E-state index in [9.17, 15) is 4.79 Å². The molecule has 0 spiro atoms. The molecule has 88 valence electrons. The molecule has 6 heteroatoms. The Kier molecular flexibility index (Phi) is 2.91. The molecule has 1 fully saturated rings. The SMILES string of the molecule is CNC1CCN(C(C)c2nncn2C)C1=O. The summed E-state index contributed by atoms with van der Waals surface area (Å²) in [6.45, 7) is 2.76. The van der Waals surface area contributed by atoms with Crippen LogP contribution in [0.5, 0.6) is 0 Å². The van der Waals surface area contributed by atoms with Crippen LogP contribution in [0.4, 0.5) is 0 Å².